The molecule has 1 unspecified atom stereocenters. The molecule has 1 aliphatic heterocycles. The Balaban J connectivity index is 1.85. The molecule has 0 spiro atoms. The molecule has 1 aromatic rings. The number of benzene rings is 1. The minimum Gasteiger partial charge on any atom is -0.484 e. The fourth-order valence-electron chi connectivity index (χ4n) is 2.62. The maximum atomic E-state index is 12.2. The van der Waals surface area contributed by atoms with Crippen molar-refractivity contribution in [3.8, 4) is 5.75 Å². The Bertz CT molecular complexity index is 525. The minimum atomic E-state index is -0.331. The van der Waals surface area contributed by atoms with E-state index in [1.807, 2.05) is 24.3 Å². The lowest BCUT2D eigenvalue weighted by atomic mass is 9.97. The molecule has 5 heteroatoms. The molecule has 22 heavy (non-hydrogen) atoms. The van der Waals surface area contributed by atoms with Crippen molar-refractivity contribution in [2.24, 2.45) is 11.7 Å². The summed E-state index contributed by atoms with van der Waals surface area (Å²) in [5.74, 6) is 0.487. The Labute approximate surface area is 131 Å². The van der Waals surface area contributed by atoms with E-state index < -0.39 is 0 Å². The van der Waals surface area contributed by atoms with Crippen LogP contribution >= 0.6 is 0 Å². The molecule has 2 amide bonds. The van der Waals surface area contributed by atoms with E-state index in [1.165, 1.54) is 5.56 Å². The van der Waals surface area contributed by atoms with Crippen LogP contribution in [0.15, 0.2) is 24.3 Å². The first kappa shape index (κ1) is 16.3. The highest BCUT2D eigenvalue weighted by atomic mass is 16.5. The monoisotopic (exact) mass is 304 g/mol. The van der Waals surface area contributed by atoms with Gasteiger partial charge in [-0.2, -0.15) is 0 Å². The summed E-state index contributed by atoms with van der Waals surface area (Å²) in [5.41, 5.74) is 6.56. The fourth-order valence-corrected chi connectivity index (χ4v) is 2.62. The van der Waals surface area contributed by atoms with Crippen molar-refractivity contribution in [2.45, 2.75) is 32.6 Å². The highest BCUT2D eigenvalue weighted by Gasteiger charge is 2.26. The van der Waals surface area contributed by atoms with E-state index in [1.54, 1.807) is 4.90 Å². The summed E-state index contributed by atoms with van der Waals surface area (Å²) < 4.78 is 5.54. The third kappa shape index (κ3) is 4.23. The number of piperidine rings is 1. The number of hydrogen-bond acceptors (Lipinski definition) is 3. The quantitative estimate of drug-likeness (QED) is 0.903. The predicted molar refractivity (Wildman–Crippen MR) is 84.5 cm³/mol. The summed E-state index contributed by atoms with van der Waals surface area (Å²) in [4.78, 5) is 25.1. The maximum absolute atomic E-state index is 12.2. The Morgan fingerprint density at radius 1 is 1.32 bits per heavy atom. The number of amides is 2. The van der Waals surface area contributed by atoms with Crippen LogP contribution in [0.25, 0.3) is 0 Å². The van der Waals surface area contributed by atoms with Crippen molar-refractivity contribution < 1.29 is 14.3 Å². The molecule has 120 valence electrons. The van der Waals surface area contributed by atoms with Crippen molar-refractivity contribution >= 4 is 11.8 Å². The largest absolute Gasteiger partial charge is 0.484 e. The van der Waals surface area contributed by atoms with E-state index >= 15 is 0 Å². The van der Waals surface area contributed by atoms with Gasteiger partial charge in [0.1, 0.15) is 5.75 Å². The van der Waals surface area contributed by atoms with Gasteiger partial charge in [-0.05, 0) is 36.5 Å². The predicted octanol–water partition coefficient (Wildman–Crippen LogP) is 1.91. The number of carbonyl (C=O) groups is 2. The highest BCUT2D eigenvalue weighted by molar-refractivity contribution is 5.81. The normalized spacial score (nSPS) is 18.3. The first-order chi connectivity index (χ1) is 10.5. The molecule has 1 heterocycles. The number of primary amides is 1. The van der Waals surface area contributed by atoms with Crippen LogP contribution in [0.5, 0.6) is 5.75 Å². The molecule has 0 aliphatic carbocycles. The molecule has 1 fully saturated rings. The zero-order valence-electron chi connectivity index (χ0n) is 13.2. The number of rotatable bonds is 5. The number of ether oxygens (including phenoxy) is 1. The van der Waals surface area contributed by atoms with Crippen molar-refractivity contribution in [1.82, 2.24) is 4.90 Å². The van der Waals surface area contributed by atoms with Gasteiger partial charge in [-0.15, -0.1) is 0 Å². The Morgan fingerprint density at radius 3 is 2.59 bits per heavy atom. The lowest BCUT2D eigenvalue weighted by Crippen LogP contribution is -2.45. The second kappa shape index (κ2) is 7.29. The fraction of sp³-hybridized carbons (Fsp3) is 0.529. The summed E-state index contributed by atoms with van der Waals surface area (Å²) in [5, 5.41) is 0. The molecule has 0 saturated carbocycles. The van der Waals surface area contributed by atoms with E-state index in [2.05, 4.69) is 13.8 Å². The lowest BCUT2D eigenvalue weighted by Gasteiger charge is -2.31. The molecule has 0 bridgehead atoms. The Hall–Kier alpha value is -2.04. The van der Waals surface area contributed by atoms with Gasteiger partial charge in [0.15, 0.2) is 6.61 Å². The topological polar surface area (TPSA) is 72.6 Å². The van der Waals surface area contributed by atoms with Gasteiger partial charge in [0.05, 0.1) is 5.92 Å². The van der Waals surface area contributed by atoms with Crippen molar-refractivity contribution in [2.75, 3.05) is 19.7 Å². The van der Waals surface area contributed by atoms with E-state index in [0.717, 1.165) is 12.8 Å². The second-order valence-corrected chi connectivity index (χ2v) is 6.09. The van der Waals surface area contributed by atoms with Gasteiger partial charge in [-0.1, -0.05) is 26.0 Å². The second-order valence-electron chi connectivity index (χ2n) is 6.09. The Kier molecular flexibility index (Phi) is 5.41. The standard InChI is InChI=1S/C17H24N2O3/c1-12(2)13-5-7-15(8-6-13)22-11-16(20)19-9-3-4-14(10-19)17(18)21/h5-8,12,14H,3-4,9-11H2,1-2H3,(H2,18,21). The van der Waals surface area contributed by atoms with Crippen molar-refractivity contribution in [3.63, 3.8) is 0 Å². The van der Waals surface area contributed by atoms with Gasteiger partial charge in [-0.3, -0.25) is 9.59 Å². The summed E-state index contributed by atoms with van der Waals surface area (Å²) >= 11 is 0. The van der Waals surface area contributed by atoms with Gasteiger partial charge in [0, 0.05) is 13.1 Å². The van der Waals surface area contributed by atoms with Crippen LogP contribution in [0.2, 0.25) is 0 Å². The van der Waals surface area contributed by atoms with Crippen LogP contribution in [0.3, 0.4) is 0 Å². The average molecular weight is 304 g/mol. The number of nitrogens with zero attached hydrogens (tertiary/aromatic N) is 1. The van der Waals surface area contributed by atoms with Crippen LogP contribution in [0, 0.1) is 5.92 Å². The molecule has 2 N–H and O–H groups in total. The van der Waals surface area contributed by atoms with Crippen molar-refractivity contribution in [1.29, 1.82) is 0 Å². The minimum absolute atomic E-state index is 0.00743. The molecule has 1 aromatic carbocycles. The van der Waals surface area contributed by atoms with Gasteiger partial charge < -0.3 is 15.4 Å². The smallest absolute Gasteiger partial charge is 0.260 e. The first-order valence-electron chi connectivity index (χ1n) is 7.77. The van der Waals surface area contributed by atoms with Gasteiger partial charge in [0.2, 0.25) is 5.91 Å². The molecule has 0 aromatic heterocycles. The van der Waals surface area contributed by atoms with Crippen LogP contribution < -0.4 is 10.5 Å². The van der Waals surface area contributed by atoms with E-state index in [-0.39, 0.29) is 24.3 Å². The van der Waals surface area contributed by atoms with E-state index in [9.17, 15) is 9.59 Å². The van der Waals surface area contributed by atoms with Crippen LogP contribution in [-0.4, -0.2) is 36.4 Å². The average Bonchev–Trinajstić information content (AvgIpc) is 2.53. The number of likely N-dealkylation sites (tertiary alicyclic amines) is 1. The molecule has 2 rings (SSSR count). The number of hydrogen-bond donors (Lipinski definition) is 1. The molecular weight excluding hydrogens is 280 g/mol. The van der Waals surface area contributed by atoms with Crippen LogP contribution in [0.4, 0.5) is 0 Å². The summed E-state index contributed by atoms with van der Waals surface area (Å²) in [6.45, 7) is 5.32. The highest BCUT2D eigenvalue weighted by Crippen LogP contribution is 2.19. The molecule has 0 radical (unpaired) electrons. The molecule has 5 nitrogen and oxygen atoms in total. The molecule has 1 atom stereocenters. The summed E-state index contributed by atoms with van der Waals surface area (Å²) in [6, 6.07) is 7.78. The lowest BCUT2D eigenvalue weighted by molar-refractivity contribution is -0.136. The maximum Gasteiger partial charge on any atom is 0.260 e. The summed E-state index contributed by atoms with van der Waals surface area (Å²) in [6.07, 6.45) is 1.57. The van der Waals surface area contributed by atoms with Crippen LogP contribution in [-0.2, 0) is 9.59 Å². The van der Waals surface area contributed by atoms with E-state index in [0.29, 0.717) is 24.8 Å². The van der Waals surface area contributed by atoms with E-state index in [4.69, 9.17) is 10.5 Å². The molecular formula is C17H24N2O3. The third-order valence-electron chi connectivity index (χ3n) is 4.09. The van der Waals surface area contributed by atoms with Crippen molar-refractivity contribution in [3.05, 3.63) is 29.8 Å². The third-order valence-corrected chi connectivity index (χ3v) is 4.09. The molecule has 1 saturated heterocycles. The zero-order valence-corrected chi connectivity index (χ0v) is 13.2. The zero-order chi connectivity index (χ0) is 16.1. The van der Waals surface area contributed by atoms with Crippen LogP contribution in [0.1, 0.15) is 38.2 Å². The SMILES string of the molecule is CC(C)c1ccc(OCC(=O)N2CCCC(C(N)=O)C2)cc1. The van der Waals surface area contributed by atoms with Gasteiger partial charge in [-0.25, -0.2) is 0 Å². The summed E-state index contributed by atoms with van der Waals surface area (Å²) in [7, 11) is 0. The van der Waals surface area contributed by atoms with Gasteiger partial charge >= 0.3 is 0 Å². The number of nitrogens with two attached hydrogens (primary N) is 1. The number of carbonyl (C=O) groups excluding carboxylic acids is 2. The van der Waals surface area contributed by atoms with Gasteiger partial charge in [0.25, 0.3) is 5.91 Å². The molecule has 1 aliphatic rings. The Morgan fingerprint density at radius 2 is 2.00 bits per heavy atom. The first-order valence-corrected chi connectivity index (χ1v) is 7.77.